The molecule has 0 radical (unpaired) electrons. The molecule has 1 heterocycles. The fourth-order valence-corrected chi connectivity index (χ4v) is 2.71. The fraction of sp³-hybridized carbons (Fsp3) is 0.625. The summed E-state index contributed by atoms with van der Waals surface area (Å²) >= 11 is 0. The highest BCUT2D eigenvalue weighted by Gasteiger charge is 2.15. The fourth-order valence-electron chi connectivity index (χ4n) is 2.71. The number of anilines is 1. The Hall–Kier alpha value is -1.02. The first-order valence-corrected chi connectivity index (χ1v) is 7.18. The lowest BCUT2D eigenvalue weighted by molar-refractivity contribution is 0.599. The van der Waals surface area contributed by atoms with Gasteiger partial charge in [-0.15, -0.1) is 0 Å². The number of nitrogens with one attached hydrogen (secondary N) is 1. The molecule has 1 aliphatic rings. The Morgan fingerprint density at radius 3 is 2.56 bits per heavy atom. The van der Waals surface area contributed by atoms with E-state index >= 15 is 0 Å². The lowest BCUT2D eigenvalue weighted by Crippen LogP contribution is -2.35. The Labute approximate surface area is 111 Å². The zero-order valence-corrected chi connectivity index (χ0v) is 11.9. The number of hydrogen-bond acceptors (Lipinski definition) is 2. The van der Waals surface area contributed by atoms with Gasteiger partial charge >= 0.3 is 0 Å². The standard InChI is InChI=1S/C16H26N2/c1-13(2)11-14-6-8-16(9-7-14)18(3)12-15-5-4-10-17-15/h6-9,13,15,17H,4-5,10-12H2,1-3H3. The summed E-state index contributed by atoms with van der Waals surface area (Å²) in [5, 5.41) is 3.55. The molecule has 0 spiro atoms. The smallest absolute Gasteiger partial charge is 0.0364 e. The monoisotopic (exact) mass is 246 g/mol. The molecule has 0 aromatic heterocycles. The van der Waals surface area contributed by atoms with E-state index in [2.05, 4.69) is 55.4 Å². The predicted octanol–water partition coefficient (Wildman–Crippen LogP) is 3.07. The Kier molecular flexibility index (Phi) is 4.65. The minimum absolute atomic E-state index is 0.672. The third-order valence-corrected chi connectivity index (χ3v) is 3.68. The zero-order chi connectivity index (χ0) is 13.0. The summed E-state index contributed by atoms with van der Waals surface area (Å²) in [6.07, 6.45) is 3.82. The van der Waals surface area contributed by atoms with Crippen LogP contribution in [0.3, 0.4) is 0 Å². The van der Waals surface area contributed by atoms with Crippen molar-refractivity contribution in [3.63, 3.8) is 0 Å². The van der Waals surface area contributed by atoms with Gasteiger partial charge in [0, 0.05) is 25.3 Å². The third kappa shape index (κ3) is 3.74. The van der Waals surface area contributed by atoms with E-state index in [0.717, 1.165) is 12.5 Å². The second-order valence-corrected chi connectivity index (χ2v) is 5.94. The van der Waals surface area contributed by atoms with Gasteiger partial charge < -0.3 is 10.2 Å². The van der Waals surface area contributed by atoms with Gasteiger partial charge in [0.05, 0.1) is 0 Å². The summed E-state index contributed by atoms with van der Waals surface area (Å²) in [4.78, 5) is 2.36. The Balaban J connectivity index is 1.91. The molecule has 2 heteroatoms. The average molecular weight is 246 g/mol. The molecule has 1 saturated heterocycles. The first-order valence-electron chi connectivity index (χ1n) is 7.18. The highest BCUT2D eigenvalue weighted by molar-refractivity contribution is 5.47. The Morgan fingerprint density at radius 2 is 2.00 bits per heavy atom. The summed E-state index contributed by atoms with van der Waals surface area (Å²) in [6.45, 7) is 6.84. The summed E-state index contributed by atoms with van der Waals surface area (Å²) in [7, 11) is 2.19. The van der Waals surface area contributed by atoms with Crippen LogP contribution in [0.15, 0.2) is 24.3 Å². The Morgan fingerprint density at radius 1 is 1.28 bits per heavy atom. The Bertz CT molecular complexity index is 350. The van der Waals surface area contributed by atoms with Crippen molar-refractivity contribution in [3.8, 4) is 0 Å². The minimum Gasteiger partial charge on any atom is -0.373 e. The largest absolute Gasteiger partial charge is 0.373 e. The van der Waals surface area contributed by atoms with Gasteiger partial charge in [-0.3, -0.25) is 0 Å². The van der Waals surface area contributed by atoms with E-state index in [1.165, 1.54) is 37.1 Å². The van der Waals surface area contributed by atoms with E-state index in [-0.39, 0.29) is 0 Å². The van der Waals surface area contributed by atoms with Crippen LogP contribution in [0, 0.1) is 5.92 Å². The van der Waals surface area contributed by atoms with Crippen molar-refractivity contribution in [3.05, 3.63) is 29.8 Å². The molecule has 1 aliphatic heterocycles. The van der Waals surface area contributed by atoms with Crippen LogP contribution >= 0.6 is 0 Å². The highest BCUT2D eigenvalue weighted by atomic mass is 15.1. The lowest BCUT2D eigenvalue weighted by atomic mass is 10.0. The van der Waals surface area contributed by atoms with Crippen LogP contribution in [-0.2, 0) is 6.42 Å². The van der Waals surface area contributed by atoms with Crippen LogP contribution in [0.25, 0.3) is 0 Å². The van der Waals surface area contributed by atoms with E-state index in [4.69, 9.17) is 0 Å². The van der Waals surface area contributed by atoms with Crippen LogP contribution < -0.4 is 10.2 Å². The maximum absolute atomic E-state index is 3.55. The molecule has 2 rings (SSSR count). The van der Waals surface area contributed by atoms with Crippen molar-refractivity contribution < 1.29 is 0 Å². The molecule has 0 bridgehead atoms. The van der Waals surface area contributed by atoms with Crippen molar-refractivity contribution in [2.45, 2.75) is 39.2 Å². The molecule has 1 atom stereocenters. The lowest BCUT2D eigenvalue weighted by Gasteiger charge is -2.23. The van der Waals surface area contributed by atoms with Gasteiger partial charge in [0.15, 0.2) is 0 Å². The van der Waals surface area contributed by atoms with E-state index in [9.17, 15) is 0 Å². The molecule has 18 heavy (non-hydrogen) atoms. The van der Waals surface area contributed by atoms with Gasteiger partial charge in [-0.1, -0.05) is 26.0 Å². The summed E-state index contributed by atoms with van der Waals surface area (Å²) in [6, 6.07) is 9.73. The normalized spacial score (nSPS) is 19.4. The molecule has 1 fully saturated rings. The maximum Gasteiger partial charge on any atom is 0.0364 e. The summed E-state index contributed by atoms with van der Waals surface area (Å²) in [5.74, 6) is 0.733. The highest BCUT2D eigenvalue weighted by Crippen LogP contribution is 2.17. The molecule has 1 aromatic rings. The van der Waals surface area contributed by atoms with E-state index in [1.54, 1.807) is 0 Å². The third-order valence-electron chi connectivity index (χ3n) is 3.68. The second kappa shape index (κ2) is 6.24. The zero-order valence-electron chi connectivity index (χ0n) is 11.9. The van der Waals surface area contributed by atoms with Crippen LogP contribution in [0.2, 0.25) is 0 Å². The van der Waals surface area contributed by atoms with Gasteiger partial charge in [0.25, 0.3) is 0 Å². The second-order valence-electron chi connectivity index (χ2n) is 5.94. The molecule has 0 amide bonds. The number of likely N-dealkylation sites (N-methyl/N-ethyl adjacent to an activating group) is 1. The molecular weight excluding hydrogens is 220 g/mol. The molecule has 2 nitrogen and oxygen atoms in total. The van der Waals surface area contributed by atoms with Crippen LogP contribution in [0.4, 0.5) is 5.69 Å². The van der Waals surface area contributed by atoms with E-state index in [0.29, 0.717) is 6.04 Å². The molecule has 0 aliphatic carbocycles. The van der Waals surface area contributed by atoms with Crippen LogP contribution in [-0.4, -0.2) is 26.2 Å². The van der Waals surface area contributed by atoms with Crippen molar-refractivity contribution in [1.82, 2.24) is 5.32 Å². The van der Waals surface area contributed by atoms with Gasteiger partial charge in [-0.05, 0) is 49.4 Å². The molecule has 1 unspecified atom stereocenters. The quantitative estimate of drug-likeness (QED) is 0.859. The molecule has 0 saturated carbocycles. The van der Waals surface area contributed by atoms with Crippen molar-refractivity contribution in [2.24, 2.45) is 5.92 Å². The number of benzene rings is 1. The van der Waals surface area contributed by atoms with E-state index < -0.39 is 0 Å². The van der Waals surface area contributed by atoms with Crippen molar-refractivity contribution in [2.75, 3.05) is 25.0 Å². The van der Waals surface area contributed by atoms with Gasteiger partial charge in [-0.2, -0.15) is 0 Å². The van der Waals surface area contributed by atoms with Crippen LogP contribution in [0.5, 0.6) is 0 Å². The van der Waals surface area contributed by atoms with Crippen molar-refractivity contribution >= 4 is 5.69 Å². The first-order chi connectivity index (χ1) is 8.65. The topological polar surface area (TPSA) is 15.3 Å². The van der Waals surface area contributed by atoms with E-state index in [1.807, 2.05) is 0 Å². The molecular formula is C16H26N2. The summed E-state index contributed by atoms with van der Waals surface area (Å²) < 4.78 is 0. The summed E-state index contributed by atoms with van der Waals surface area (Å²) in [5.41, 5.74) is 2.78. The van der Waals surface area contributed by atoms with Crippen LogP contribution in [0.1, 0.15) is 32.3 Å². The molecule has 100 valence electrons. The number of hydrogen-bond donors (Lipinski definition) is 1. The van der Waals surface area contributed by atoms with Gasteiger partial charge in [0.2, 0.25) is 0 Å². The average Bonchev–Trinajstić information content (AvgIpc) is 2.82. The molecule has 1 N–H and O–H groups in total. The van der Waals surface area contributed by atoms with Gasteiger partial charge in [0.1, 0.15) is 0 Å². The SMILES string of the molecule is CC(C)Cc1ccc(N(C)CC2CCCN2)cc1. The molecule has 1 aromatic carbocycles. The predicted molar refractivity (Wildman–Crippen MR) is 79.3 cm³/mol. The van der Waals surface area contributed by atoms with Crippen molar-refractivity contribution in [1.29, 1.82) is 0 Å². The number of rotatable bonds is 5. The first kappa shape index (κ1) is 13.4. The van der Waals surface area contributed by atoms with Gasteiger partial charge in [-0.25, -0.2) is 0 Å². The maximum atomic E-state index is 3.55. The minimum atomic E-state index is 0.672. The number of nitrogens with zero attached hydrogens (tertiary/aromatic N) is 1.